The quantitative estimate of drug-likeness (QED) is 0.425. The number of rotatable bonds is 3. The first-order chi connectivity index (χ1) is 5.08. The van der Waals surface area contributed by atoms with Crippen molar-refractivity contribution in [1.29, 1.82) is 0 Å². The van der Waals surface area contributed by atoms with Crippen molar-refractivity contribution in [3.05, 3.63) is 22.4 Å². The van der Waals surface area contributed by atoms with Crippen LogP contribution in [-0.2, 0) is 16.5 Å². The van der Waals surface area contributed by atoms with E-state index < -0.39 is 10.1 Å². The molecule has 1 aromatic rings. The van der Waals surface area contributed by atoms with Gasteiger partial charge in [0.25, 0.3) is 0 Å². The molecule has 0 atom stereocenters. The molecule has 0 saturated carbocycles. The van der Waals surface area contributed by atoms with Crippen molar-refractivity contribution < 1.29 is 42.5 Å². The summed E-state index contributed by atoms with van der Waals surface area (Å²) >= 11 is 1.49. The zero-order valence-electron chi connectivity index (χ0n) is 6.69. The van der Waals surface area contributed by atoms with Crippen molar-refractivity contribution >= 4 is 21.5 Å². The molecule has 6 heteroatoms. The average molecular weight is 214 g/mol. The fourth-order valence-electron chi connectivity index (χ4n) is 0.678. The molecule has 0 fully saturated rings. The van der Waals surface area contributed by atoms with Gasteiger partial charge in [-0.05, 0) is 28.8 Å². The molecule has 0 radical (unpaired) electrons. The minimum atomic E-state index is -4.05. The first-order valence-electron chi connectivity index (χ1n) is 3.02. The molecule has 0 N–H and O–H groups in total. The third kappa shape index (κ3) is 5.29. The van der Waals surface area contributed by atoms with E-state index in [-0.39, 0.29) is 35.3 Å². The summed E-state index contributed by atoms with van der Waals surface area (Å²) in [6, 6.07) is 1.82. The molecule has 0 aliphatic heterocycles. The Hall–Kier alpha value is 0.610. The molecule has 0 unspecified atom stereocenters. The summed E-state index contributed by atoms with van der Waals surface area (Å²) in [5.41, 5.74) is 0.912. The molecule has 0 bridgehead atoms. The first kappa shape index (κ1) is 12.6. The van der Waals surface area contributed by atoms with Crippen LogP contribution in [0.4, 0.5) is 0 Å². The van der Waals surface area contributed by atoms with Gasteiger partial charge >= 0.3 is 29.6 Å². The Morgan fingerprint density at radius 3 is 2.58 bits per heavy atom. The summed E-state index contributed by atoms with van der Waals surface area (Å²) in [5.74, 6) is -0.302. The molecule has 62 valence electrons. The summed E-state index contributed by atoms with van der Waals surface area (Å²) in [6.45, 7) is 0. The van der Waals surface area contributed by atoms with Gasteiger partial charge in [-0.15, -0.1) is 0 Å². The van der Waals surface area contributed by atoms with E-state index in [0.29, 0.717) is 6.42 Å². The molecule has 0 aromatic carbocycles. The minimum Gasteiger partial charge on any atom is -0.748 e. The van der Waals surface area contributed by atoms with Gasteiger partial charge in [-0.3, -0.25) is 0 Å². The Labute approximate surface area is 97.8 Å². The van der Waals surface area contributed by atoms with Crippen molar-refractivity contribution in [1.82, 2.24) is 0 Å². The monoisotopic (exact) mass is 214 g/mol. The second-order valence-electron chi connectivity index (χ2n) is 2.14. The van der Waals surface area contributed by atoms with Crippen LogP contribution in [0, 0.1) is 0 Å². The minimum absolute atomic E-state index is 0. The zero-order chi connectivity index (χ0) is 8.32. The van der Waals surface area contributed by atoms with Crippen LogP contribution in [0.5, 0.6) is 0 Å². The van der Waals surface area contributed by atoms with Crippen LogP contribution < -0.4 is 29.6 Å². The van der Waals surface area contributed by atoms with E-state index in [1.54, 1.807) is 0 Å². The predicted octanol–water partition coefficient (Wildman–Crippen LogP) is -2.16. The van der Waals surface area contributed by atoms with E-state index in [0.717, 1.165) is 5.56 Å². The van der Waals surface area contributed by atoms with Gasteiger partial charge in [0.15, 0.2) is 0 Å². The van der Waals surface area contributed by atoms with Crippen molar-refractivity contribution in [2.75, 3.05) is 5.75 Å². The standard InChI is InChI=1S/C6H8O3S2.Na/c7-11(8,9)4-2-6-1-3-10-5-6;/h1,3,5H,2,4H2,(H,7,8,9);/q;+1/p-1. The molecule has 0 saturated heterocycles. The predicted molar refractivity (Wildman–Crippen MR) is 42.6 cm³/mol. The molecular weight excluding hydrogens is 207 g/mol. The third-order valence-electron chi connectivity index (χ3n) is 1.22. The molecule has 3 nitrogen and oxygen atoms in total. The molecule has 0 aliphatic rings. The molecule has 0 amide bonds. The number of thiophene rings is 1. The van der Waals surface area contributed by atoms with Gasteiger partial charge < -0.3 is 4.55 Å². The Balaban J connectivity index is 0.00000121. The summed E-state index contributed by atoms with van der Waals surface area (Å²) in [5, 5.41) is 3.69. The average Bonchev–Trinajstić information content (AvgIpc) is 2.32. The van der Waals surface area contributed by atoms with Crippen LogP contribution in [0.2, 0.25) is 0 Å². The van der Waals surface area contributed by atoms with Crippen molar-refractivity contribution in [3.63, 3.8) is 0 Å². The van der Waals surface area contributed by atoms with Gasteiger partial charge in [0.2, 0.25) is 0 Å². The third-order valence-corrected chi connectivity index (χ3v) is 2.66. The van der Waals surface area contributed by atoms with E-state index in [1.807, 2.05) is 16.8 Å². The number of hydrogen-bond donors (Lipinski definition) is 0. The molecule has 1 heterocycles. The van der Waals surface area contributed by atoms with Gasteiger partial charge in [0.1, 0.15) is 0 Å². The second-order valence-corrected chi connectivity index (χ2v) is 4.45. The maximum absolute atomic E-state index is 10.2. The zero-order valence-corrected chi connectivity index (χ0v) is 10.3. The Morgan fingerprint density at radius 1 is 1.50 bits per heavy atom. The van der Waals surface area contributed by atoms with Crippen LogP contribution in [0.25, 0.3) is 0 Å². The van der Waals surface area contributed by atoms with Crippen molar-refractivity contribution in [2.45, 2.75) is 6.42 Å². The maximum Gasteiger partial charge on any atom is 1.00 e. The van der Waals surface area contributed by atoms with Crippen molar-refractivity contribution in [3.8, 4) is 0 Å². The summed E-state index contributed by atoms with van der Waals surface area (Å²) in [7, 11) is -4.05. The Bertz CT molecular complexity index is 304. The van der Waals surface area contributed by atoms with Gasteiger partial charge in [-0.25, -0.2) is 8.42 Å². The van der Waals surface area contributed by atoms with Crippen molar-refractivity contribution in [2.24, 2.45) is 0 Å². The first-order valence-corrected chi connectivity index (χ1v) is 5.54. The second kappa shape index (κ2) is 5.36. The number of hydrogen-bond acceptors (Lipinski definition) is 4. The van der Waals surface area contributed by atoms with Crippen LogP contribution in [0.1, 0.15) is 5.56 Å². The van der Waals surface area contributed by atoms with Crippen LogP contribution in [0.3, 0.4) is 0 Å². The normalized spacial score (nSPS) is 10.8. The van der Waals surface area contributed by atoms with Crippen LogP contribution in [0.15, 0.2) is 16.8 Å². The molecular formula is C6H7NaO3S2. The molecule has 12 heavy (non-hydrogen) atoms. The Kier molecular flexibility index (Phi) is 5.64. The van der Waals surface area contributed by atoms with Gasteiger partial charge in [0.05, 0.1) is 10.1 Å². The molecule has 1 rings (SSSR count). The van der Waals surface area contributed by atoms with E-state index in [4.69, 9.17) is 0 Å². The van der Waals surface area contributed by atoms with E-state index in [1.165, 1.54) is 11.3 Å². The van der Waals surface area contributed by atoms with Gasteiger partial charge in [-0.2, -0.15) is 11.3 Å². The van der Waals surface area contributed by atoms with E-state index in [9.17, 15) is 13.0 Å². The molecule has 0 spiro atoms. The van der Waals surface area contributed by atoms with E-state index >= 15 is 0 Å². The molecule has 1 aromatic heterocycles. The summed E-state index contributed by atoms with van der Waals surface area (Å²) in [4.78, 5) is 0. The topological polar surface area (TPSA) is 57.2 Å². The van der Waals surface area contributed by atoms with Gasteiger partial charge in [-0.1, -0.05) is 0 Å². The fraction of sp³-hybridized carbons (Fsp3) is 0.333. The summed E-state index contributed by atoms with van der Waals surface area (Å²) in [6.07, 6.45) is 0.329. The smallest absolute Gasteiger partial charge is 0.748 e. The largest absolute Gasteiger partial charge is 1.00 e. The maximum atomic E-state index is 10.2. The van der Waals surface area contributed by atoms with Gasteiger partial charge in [0, 0.05) is 5.75 Å². The molecule has 0 aliphatic carbocycles. The van der Waals surface area contributed by atoms with E-state index in [2.05, 4.69) is 0 Å². The Morgan fingerprint density at radius 2 is 2.17 bits per heavy atom. The number of aryl methyl sites for hydroxylation is 1. The fourth-order valence-corrected chi connectivity index (χ4v) is 1.87. The summed E-state index contributed by atoms with van der Waals surface area (Å²) < 4.78 is 30.5. The van der Waals surface area contributed by atoms with Crippen LogP contribution >= 0.6 is 11.3 Å². The SMILES string of the molecule is O=S(=O)([O-])CCc1ccsc1.[Na+]. The van der Waals surface area contributed by atoms with Crippen LogP contribution in [-0.4, -0.2) is 18.7 Å².